The summed E-state index contributed by atoms with van der Waals surface area (Å²) in [5.74, 6) is -0.445. The maximum absolute atomic E-state index is 10.9. The van der Waals surface area contributed by atoms with E-state index in [4.69, 9.17) is 5.21 Å². The summed E-state index contributed by atoms with van der Waals surface area (Å²) in [6.45, 7) is 0.667. The molecule has 2 aromatic carbocycles. The molecule has 4 heteroatoms. The van der Waals surface area contributed by atoms with Gasteiger partial charge < -0.3 is 5.32 Å². The molecule has 0 aliphatic heterocycles. The highest BCUT2D eigenvalue weighted by Crippen LogP contribution is 2.19. The number of hydrogen-bond acceptors (Lipinski definition) is 3. The lowest BCUT2D eigenvalue weighted by Gasteiger charge is -2.06. The lowest BCUT2D eigenvalue weighted by molar-refractivity contribution is -0.128. The molecule has 0 unspecified atom stereocenters. The van der Waals surface area contributed by atoms with Crippen molar-refractivity contribution >= 4 is 5.91 Å². The van der Waals surface area contributed by atoms with Crippen molar-refractivity contribution in [1.82, 2.24) is 10.8 Å². The van der Waals surface area contributed by atoms with E-state index in [0.29, 0.717) is 6.54 Å². The fourth-order valence-corrected chi connectivity index (χ4v) is 1.85. The van der Waals surface area contributed by atoms with E-state index in [9.17, 15) is 4.79 Å². The fraction of sp³-hybridized carbons (Fsp3) is 0.133. The van der Waals surface area contributed by atoms with Crippen LogP contribution in [0.3, 0.4) is 0 Å². The number of amides is 1. The number of carbonyl (C=O) groups excluding carboxylic acids is 1. The monoisotopic (exact) mass is 256 g/mol. The lowest BCUT2D eigenvalue weighted by Crippen LogP contribution is -2.31. The maximum atomic E-state index is 10.9. The van der Waals surface area contributed by atoms with Crippen molar-refractivity contribution in [1.29, 1.82) is 0 Å². The van der Waals surface area contributed by atoms with E-state index in [0.717, 1.165) is 16.7 Å². The zero-order valence-electron chi connectivity index (χ0n) is 10.5. The van der Waals surface area contributed by atoms with Crippen LogP contribution in [-0.4, -0.2) is 17.7 Å². The molecule has 19 heavy (non-hydrogen) atoms. The van der Waals surface area contributed by atoms with Gasteiger partial charge >= 0.3 is 0 Å². The second-order valence-corrected chi connectivity index (χ2v) is 4.20. The third-order valence-electron chi connectivity index (χ3n) is 2.77. The molecule has 0 aromatic heterocycles. The van der Waals surface area contributed by atoms with E-state index < -0.39 is 5.91 Å². The predicted molar refractivity (Wildman–Crippen MR) is 73.5 cm³/mol. The number of hydroxylamine groups is 1. The molecule has 0 heterocycles. The van der Waals surface area contributed by atoms with Gasteiger partial charge in [-0.15, -0.1) is 0 Å². The average Bonchev–Trinajstić information content (AvgIpc) is 2.48. The van der Waals surface area contributed by atoms with Crippen LogP contribution in [0.1, 0.15) is 5.56 Å². The minimum atomic E-state index is -0.445. The number of carbonyl (C=O) groups is 1. The standard InChI is InChI=1S/C15H16N2O2/c18-15(17-19)11-16-10-12-5-4-8-14(9-12)13-6-2-1-3-7-13/h1-9,16,19H,10-11H2,(H,17,18). The van der Waals surface area contributed by atoms with Crippen LogP contribution in [0.25, 0.3) is 11.1 Å². The topological polar surface area (TPSA) is 61.4 Å². The fourth-order valence-electron chi connectivity index (χ4n) is 1.85. The van der Waals surface area contributed by atoms with Crippen molar-refractivity contribution in [3.63, 3.8) is 0 Å². The van der Waals surface area contributed by atoms with E-state index in [1.54, 1.807) is 5.48 Å². The third-order valence-corrected chi connectivity index (χ3v) is 2.77. The summed E-state index contributed by atoms with van der Waals surface area (Å²) in [6.07, 6.45) is 0. The van der Waals surface area contributed by atoms with Crippen molar-refractivity contribution in [3.8, 4) is 11.1 Å². The molecular formula is C15H16N2O2. The lowest BCUT2D eigenvalue weighted by atomic mass is 10.0. The second-order valence-electron chi connectivity index (χ2n) is 4.20. The van der Waals surface area contributed by atoms with Crippen LogP contribution in [0, 0.1) is 0 Å². The van der Waals surface area contributed by atoms with Crippen LogP contribution in [0.15, 0.2) is 54.6 Å². The first-order valence-corrected chi connectivity index (χ1v) is 6.07. The molecule has 0 atom stereocenters. The highest BCUT2D eigenvalue weighted by Gasteiger charge is 2.00. The van der Waals surface area contributed by atoms with Gasteiger partial charge in [0.05, 0.1) is 6.54 Å². The maximum Gasteiger partial charge on any atom is 0.257 e. The third kappa shape index (κ3) is 3.91. The molecule has 3 N–H and O–H groups in total. The summed E-state index contributed by atoms with van der Waals surface area (Å²) < 4.78 is 0. The van der Waals surface area contributed by atoms with E-state index in [-0.39, 0.29) is 6.54 Å². The van der Waals surface area contributed by atoms with Crippen LogP contribution in [0.4, 0.5) is 0 Å². The van der Waals surface area contributed by atoms with Gasteiger partial charge in [-0.1, -0.05) is 48.5 Å². The van der Waals surface area contributed by atoms with Crippen LogP contribution in [-0.2, 0) is 11.3 Å². The smallest absolute Gasteiger partial charge is 0.257 e. The minimum absolute atomic E-state index is 0.0893. The van der Waals surface area contributed by atoms with Gasteiger partial charge in [-0.3, -0.25) is 10.0 Å². The Hall–Kier alpha value is -2.17. The van der Waals surface area contributed by atoms with Crippen LogP contribution >= 0.6 is 0 Å². The van der Waals surface area contributed by atoms with Crippen LogP contribution in [0.5, 0.6) is 0 Å². The summed E-state index contributed by atoms with van der Waals surface area (Å²) in [4.78, 5) is 10.9. The Kier molecular flexibility index (Phi) is 4.66. The molecule has 1 amide bonds. The van der Waals surface area contributed by atoms with Gasteiger partial charge in [0, 0.05) is 6.54 Å². The second kappa shape index (κ2) is 6.68. The van der Waals surface area contributed by atoms with E-state index in [1.807, 2.05) is 30.3 Å². The summed E-state index contributed by atoms with van der Waals surface area (Å²) in [6, 6.07) is 18.2. The minimum Gasteiger partial charge on any atom is -0.304 e. The number of benzene rings is 2. The number of rotatable bonds is 5. The SMILES string of the molecule is O=C(CNCc1cccc(-c2ccccc2)c1)NO. The molecule has 0 fully saturated rings. The Labute approximate surface area is 112 Å². The van der Waals surface area contributed by atoms with Crippen molar-refractivity contribution in [3.05, 3.63) is 60.2 Å². The molecule has 2 rings (SSSR count). The van der Waals surface area contributed by atoms with E-state index >= 15 is 0 Å². The number of nitrogens with one attached hydrogen (secondary N) is 2. The average molecular weight is 256 g/mol. The van der Waals surface area contributed by atoms with Crippen molar-refractivity contribution in [2.75, 3.05) is 6.54 Å². The molecule has 0 saturated heterocycles. The summed E-state index contributed by atoms with van der Waals surface area (Å²) in [5.41, 5.74) is 4.99. The van der Waals surface area contributed by atoms with Gasteiger partial charge in [-0.2, -0.15) is 0 Å². The zero-order valence-corrected chi connectivity index (χ0v) is 10.5. The highest BCUT2D eigenvalue weighted by molar-refractivity contribution is 5.76. The van der Waals surface area contributed by atoms with Crippen molar-refractivity contribution in [2.45, 2.75) is 6.54 Å². The molecule has 0 spiro atoms. The van der Waals surface area contributed by atoms with E-state index in [1.165, 1.54) is 0 Å². The van der Waals surface area contributed by atoms with Gasteiger partial charge in [0.2, 0.25) is 0 Å². The molecule has 0 radical (unpaired) electrons. The molecule has 4 nitrogen and oxygen atoms in total. The summed E-state index contributed by atoms with van der Waals surface area (Å²) in [7, 11) is 0. The summed E-state index contributed by atoms with van der Waals surface area (Å²) in [5, 5.41) is 11.3. The Balaban J connectivity index is 2.02. The predicted octanol–water partition coefficient (Wildman–Crippen LogP) is 1.95. The van der Waals surface area contributed by atoms with Crippen LogP contribution < -0.4 is 10.8 Å². The Morgan fingerprint density at radius 1 is 1.00 bits per heavy atom. The molecule has 98 valence electrons. The largest absolute Gasteiger partial charge is 0.304 e. The Morgan fingerprint density at radius 2 is 1.74 bits per heavy atom. The molecule has 2 aromatic rings. The number of hydrogen-bond donors (Lipinski definition) is 3. The van der Waals surface area contributed by atoms with Gasteiger partial charge in [0.1, 0.15) is 0 Å². The molecule has 0 aliphatic rings. The Bertz CT molecular complexity index is 541. The normalized spacial score (nSPS) is 10.2. The van der Waals surface area contributed by atoms with Gasteiger partial charge in [0.15, 0.2) is 0 Å². The summed E-state index contributed by atoms with van der Waals surface area (Å²) >= 11 is 0. The van der Waals surface area contributed by atoms with E-state index in [2.05, 4.69) is 29.6 Å². The molecule has 0 bridgehead atoms. The van der Waals surface area contributed by atoms with Crippen molar-refractivity contribution < 1.29 is 10.0 Å². The Morgan fingerprint density at radius 3 is 2.47 bits per heavy atom. The quantitative estimate of drug-likeness (QED) is 0.566. The van der Waals surface area contributed by atoms with Gasteiger partial charge in [-0.05, 0) is 22.8 Å². The van der Waals surface area contributed by atoms with Gasteiger partial charge in [0.25, 0.3) is 5.91 Å². The van der Waals surface area contributed by atoms with Gasteiger partial charge in [-0.25, -0.2) is 5.48 Å². The van der Waals surface area contributed by atoms with Crippen molar-refractivity contribution in [2.24, 2.45) is 0 Å². The first kappa shape index (κ1) is 13.3. The molecule has 0 saturated carbocycles. The van der Waals surface area contributed by atoms with Crippen LogP contribution in [0.2, 0.25) is 0 Å². The molecular weight excluding hydrogens is 240 g/mol. The highest BCUT2D eigenvalue weighted by atomic mass is 16.5. The molecule has 0 aliphatic carbocycles. The first-order chi connectivity index (χ1) is 9.29. The zero-order chi connectivity index (χ0) is 13.5. The first-order valence-electron chi connectivity index (χ1n) is 6.07.